The summed E-state index contributed by atoms with van der Waals surface area (Å²) < 4.78 is 23.9. The van der Waals surface area contributed by atoms with Crippen LogP contribution in [0.15, 0.2) is 47.5 Å². The van der Waals surface area contributed by atoms with E-state index in [1.54, 1.807) is 27.3 Å². The fourth-order valence-corrected chi connectivity index (χ4v) is 2.65. The Kier molecular flexibility index (Phi) is 10.1. The van der Waals surface area contributed by atoms with Gasteiger partial charge in [-0.2, -0.15) is 0 Å². The predicted molar refractivity (Wildman–Crippen MR) is 117 cm³/mol. The summed E-state index contributed by atoms with van der Waals surface area (Å²) in [4.78, 5) is 6.35. The van der Waals surface area contributed by atoms with Crippen LogP contribution in [0.3, 0.4) is 0 Å². The molecule has 0 atom stereocenters. The molecule has 2 aromatic carbocycles. The zero-order valence-corrected chi connectivity index (χ0v) is 18.5. The number of rotatable bonds is 7. The van der Waals surface area contributed by atoms with Gasteiger partial charge in [-0.05, 0) is 35.4 Å². The van der Waals surface area contributed by atoms with Crippen LogP contribution in [0.4, 0.5) is 4.39 Å². The van der Waals surface area contributed by atoms with E-state index in [0.717, 1.165) is 22.8 Å². The zero-order chi connectivity index (χ0) is 18.9. The molecule has 0 radical (unpaired) electrons. The van der Waals surface area contributed by atoms with E-state index >= 15 is 0 Å². The van der Waals surface area contributed by atoms with Gasteiger partial charge >= 0.3 is 0 Å². The van der Waals surface area contributed by atoms with E-state index in [1.807, 2.05) is 42.3 Å². The van der Waals surface area contributed by atoms with E-state index in [1.165, 1.54) is 6.07 Å². The summed E-state index contributed by atoms with van der Waals surface area (Å²) in [6.45, 7) is 1.52. The third-order valence-electron chi connectivity index (χ3n) is 4.01. The highest BCUT2D eigenvalue weighted by molar-refractivity contribution is 14.0. The first-order valence-electron chi connectivity index (χ1n) is 8.38. The molecule has 7 heteroatoms. The summed E-state index contributed by atoms with van der Waals surface area (Å²) in [5.41, 5.74) is 2.67. The highest BCUT2D eigenvalue weighted by Gasteiger charge is 2.08. The Hall–Kier alpha value is -1.87. The average Bonchev–Trinajstić information content (AvgIpc) is 2.65. The lowest BCUT2D eigenvalue weighted by atomic mass is 10.1. The van der Waals surface area contributed by atoms with E-state index in [0.29, 0.717) is 18.7 Å². The first-order valence-corrected chi connectivity index (χ1v) is 8.38. The molecule has 148 valence electrons. The van der Waals surface area contributed by atoms with E-state index < -0.39 is 0 Å². The molecule has 0 aliphatic heterocycles. The Labute approximate surface area is 177 Å². The van der Waals surface area contributed by atoms with Crippen molar-refractivity contribution in [3.63, 3.8) is 0 Å². The van der Waals surface area contributed by atoms with Crippen molar-refractivity contribution < 1.29 is 13.9 Å². The third kappa shape index (κ3) is 6.99. The molecule has 27 heavy (non-hydrogen) atoms. The second kappa shape index (κ2) is 11.8. The van der Waals surface area contributed by atoms with Gasteiger partial charge in [0.1, 0.15) is 11.6 Å². The van der Waals surface area contributed by atoms with Gasteiger partial charge in [0.25, 0.3) is 0 Å². The lowest BCUT2D eigenvalue weighted by Gasteiger charge is -2.22. The highest BCUT2D eigenvalue weighted by atomic mass is 127. The third-order valence-corrected chi connectivity index (χ3v) is 4.01. The van der Waals surface area contributed by atoms with Crippen LogP contribution < -0.4 is 10.1 Å². The Bertz CT molecular complexity index is 739. The molecule has 0 amide bonds. The maximum absolute atomic E-state index is 13.7. The maximum atomic E-state index is 13.7. The van der Waals surface area contributed by atoms with Gasteiger partial charge in [-0.3, -0.25) is 4.99 Å². The number of halogens is 2. The van der Waals surface area contributed by atoms with Crippen LogP contribution >= 0.6 is 24.0 Å². The molecule has 0 unspecified atom stereocenters. The average molecular weight is 487 g/mol. The summed E-state index contributed by atoms with van der Waals surface area (Å²) in [5.74, 6) is 1.34. The highest BCUT2D eigenvalue weighted by Crippen LogP contribution is 2.13. The molecule has 0 fully saturated rings. The molecule has 0 bridgehead atoms. The van der Waals surface area contributed by atoms with Crippen LogP contribution in [0.25, 0.3) is 0 Å². The number of hydrogen-bond donors (Lipinski definition) is 1. The zero-order valence-electron chi connectivity index (χ0n) is 16.2. The van der Waals surface area contributed by atoms with Gasteiger partial charge in [0.05, 0.1) is 13.7 Å². The van der Waals surface area contributed by atoms with Crippen molar-refractivity contribution in [3.8, 4) is 5.75 Å². The number of hydrogen-bond acceptors (Lipinski definition) is 3. The fourth-order valence-electron chi connectivity index (χ4n) is 2.65. The van der Waals surface area contributed by atoms with Gasteiger partial charge in [0.15, 0.2) is 5.96 Å². The monoisotopic (exact) mass is 487 g/mol. The Morgan fingerprint density at radius 2 is 1.78 bits per heavy atom. The standard InChI is InChI=1S/C20H26FN3O2.HI/c1-22-20(24(2)13-15-5-8-18(26-4)9-6-15)23-12-16-7-10-19(21)17(11-16)14-25-3;/h5-11H,12-14H2,1-4H3,(H,22,23);1H. The Balaban J connectivity index is 0.00000364. The second-order valence-electron chi connectivity index (χ2n) is 5.96. The number of aliphatic imine (C=N–C) groups is 1. The minimum atomic E-state index is -0.253. The molecule has 0 saturated heterocycles. The molecule has 2 aromatic rings. The van der Waals surface area contributed by atoms with Crippen molar-refractivity contribution >= 4 is 29.9 Å². The number of nitrogens with one attached hydrogen (secondary N) is 1. The summed E-state index contributed by atoms with van der Waals surface area (Å²) in [6, 6.07) is 13.0. The predicted octanol–water partition coefficient (Wildman–Crippen LogP) is 3.81. The number of guanidine groups is 1. The first-order chi connectivity index (χ1) is 12.6. The van der Waals surface area contributed by atoms with Crippen molar-refractivity contribution in [2.45, 2.75) is 19.7 Å². The van der Waals surface area contributed by atoms with Crippen molar-refractivity contribution in [1.29, 1.82) is 0 Å². The largest absolute Gasteiger partial charge is 0.497 e. The van der Waals surface area contributed by atoms with Gasteiger partial charge in [-0.1, -0.05) is 18.2 Å². The molecule has 0 spiro atoms. The van der Waals surface area contributed by atoms with Gasteiger partial charge < -0.3 is 19.7 Å². The molecule has 0 aliphatic carbocycles. The summed E-state index contributed by atoms with van der Waals surface area (Å²) in [6.07, 6.45) is 0. The molecule has 0 heterocycles. The first kappa shape index (κ1) is 23.2. The topological polar surface area (TPSA) is 46.1 Å². The van der Waals surface area contributed by atoms with Gasteiger partial charge in [-0.15, -0.1) is 24.0 Å². The molecule has 1 N–H and O–H groups in total. The molecule has 2 rings (SSSR count). The van der Waals surface area contributed by atoms with Crippen LogP contribution in [0.2, 0.25) is 0 Å². The van der Waals surface area contributed by atoms with E-state index in [-0.39, 0.29) is 36.4 Å². The van der Waals surface area contributed by atoms with Crippen molar-refractivity contribution in [3.05, 3.63) is 65.0 Å². The second-order valence-corrected chi connectivity index (χ2v) is 5.96. The van der Waals surface area contributed by atoms with Crippen LogP contribution in [0.1, 0.15) is 16.7 Å². The van der Waals surface area contributed by atoms with Crippen LogP contribution in [0, 0.1) is 5.82 Å². The molecule has 0 saturated carbocycles. The van der Waals surface area contributed by atoms with Crippen LogP contribution in [-0.2, 0) is 24.4 Å². The molecular weight excluding hydrogens is 460 g/mol. The number of ether oxygens (including phenoxy) is 2. The summed E-state index contributed by atoms with van der Waals surface area (Å²) >= 11 is 0. The van der Waals surface area contributed by atoms with E-state index in [2.05, 4.69) is 10.3 Å². The smallest absolute Gasteiger partial charge is 0.193 e. The van der Waals surface area contributed by atoms with Gasteiger partial charge in [-0.25, -0.2) is 4.39 Å². The Morgan fingerprint density at radius 3 is 2.37 bits per heavy atom. The quantitative estimate of drug-likeness (QED) is 0.367. The van der Waals surface area contributed by atoms with Crippen molar-refractivity contribution in [2.75, 3.05) is 28.3 Å². The fraction of sp³-hybridized carbons (Fsp3) is 0.350. The minimum Gasteiger partial charge on any atom is -0.497 e. The summed E-state index contributed by atoms with van der Waals surface area (Å²) in [5, 5.41) is 3.31. The lowest BCUT2D eigenvalue weighted by molar-refractivity contribution is 0.181. The molecule has 0 aliphatic rings. The number of benzene rings is 2. The van der Waals surface area contributed by atoms with E-state index in [9.17, 15) is 4.39 Å². The molecular formula is C20H27FIN3O2. The van der Waals surface area contributed by atoms with Crippen molar-refractivity contribution in [2.24, 2.45) is 4.99 Å². The molecule has 0 aromatic heterocycles. The van der Waals surface area contributed by atoms with Gasteiger partial charge in [0, 0.05) is 39.9 Å². The van der Waals surface area contributed by atoms with Gasteiger partial charge in [0.2, 0.25) is 0 Å². The molecule has 5 nitrogen and oxygen atoms in total. The van der Waals surface area contributed by atoms with E-state index in [4.69, 9.17) is 9.47 Å². The lowest BCUT2D eigenvalue weighted by Crippen LogP contribution is -2.38. The van der Waals surface area contributed by atoms with Crippen LogP contribution in [0.5, 0.6) is 5.75 Å². The minimum absolute atomic E-state index is 0. The van der Waals surface area contributed by atoms with Crippen LogP contribution in [-0.4, -0.2) is 39.2 Å². The number of methoxy groups -OCH3 is 2. The van der Waals surface area contributed by atoms with Crippen molar-refractivity contribution in [1.82, 2.24) is 10.2 Å². The Morgan fingerprint density at radius 1 is 1.11 bits per heavy atom. The SMILES string of the molecule is CN=C(NCc1ccc(F)c(COC)c1)N(C)Cc1ccc(OC)cc1.I. The normalized spacial score (nSPS) is 10.9. The maximum Gasteiger partial charge on any atom is 0.193 e. The summed E-state index contributed by atoms with van der Waals surface area (Å²) in [7, 11) is 6.93. The number of nitrogens with zero attached hydrogens (tertiary/aromatic N) is 2.